The van der Waals surface area contributed by atoms with Gasteiger partial charge in [-0.1, -0.05) is 194 Å². The van der Waals surface area contributed by atoms with Crippen LogP contribution in [0.25, 0.3) is 0 Å². The number of hydrogen-bond donors (Lipinski definition) is 1. The van der Waals surface area contributed by atoms with Crippen LogP contribution in [0.4, 0.5) is 0 Å². The number of hydrogen-bond acceptors (Lipinski definition) is 4. The number of carbonyl (C=O) groups is 1. The van der Waals surface area contributed by atoms with Crippen LogP contribution in [0.15, 0.2) is 0 Å². The largest absolute Gasteiger partial charge is 0.463 e. The van der Waals surface area contributed by atoms with Gasteiger partial charge in [0.2, 0.25) is 0 Å². The van der Waals surface area contributed by atoms with E-state index < -0.39 is 6.10 Å². The fraction of sp³-hybridized carbons (Fsp3) is 0.974. The minimum atomic E-state index is -0.716. The molecular formula is C38H76O4. The summed E-state index contributed by atoms with van der Waals surface area (Å²) in [5.41, 5.74) is 0. The van der Waals surface area contributed by atoms with Crippen molar-refractivity contribution >= 4 is 5.97 Å². The molecule has 0 aliphatic heterocycles. The lowest BCUT2D eigenvalue weighted by Gasteiger charge is -2.12. The van der Waals surface area contributed by atoms with Gasteiger partial charge in [-0.3, -0.25) is 4.79 Å². The Kier molecular flexibility index (Phi) is 36.0. The van der Waals surface area contributed by atoms with E-state index in [9.17, 15) is 9.90 Å². The Hall–Kier alpha value is -0.610. The Morgan fingerprint density at radius 3 is 1.12 bits per heavy atom. The molecule has 1 unspecified atom stereocenters. The first kappa shape index (κ1) is 41.4. The molecule has 0 heterocycles. The molecule has 0 amide bonds. The summed E-state index contributed by atoms with van der Waals surface area (Å²) in [5, 5.41) is 10.0. The van der Waals surface area contributed by atoms with Gasteiger partial charge in [-0.15, -0.1) is 0 Å². The molecule has 1 atom stereocenters. The van der Waals surface area contributed by atoms with Crippen molar-refractivity contribution in [2.24, 2.45) is 0 Å². The number of carbonyl (C=O) groups excluding carboxylic acids is 1. The predicted octanol–water partition coefficient (Wildman–Crippen LogP) is 12.0. The number of ether oxygens (including phenoxy) is 2. The highest BCUT2D eigenvalue weighted by Gasteiger charge is 2.09. The van der Waals surface area contributed by atoms with E-state index in [2.05, 4.69) is 13.8 Å². The summed E-state index contributed by atoms with van der Waals surface area (Å²) in [4.78, 5) is 11.9. The third-order valence-electron chi connectivity index (χ3n) is 8.62. The highest BCUT2D eigenvalue weighted by molar-refractivity contribution is 5.69. The Morgan fingerprint density at radius 1 is 0.452 bits per heavy atom. The monoisotopic (exact) mass is 597 g/mol. The van der Waals surface area contributed by atoms with Crippen LogP contribution < -0.4 is 0 Å². The van der Waals surface area contributed by atoms with Crippen molar-refractivity contribution in [2.45, 2.75) is 219 Å². The second kappa shape index (κ2) is 36.6. The topological polar surface area (TPSA) is 55.8 Å². The molecule has 0 saturated carbocycles. The van der Waals surface area contributed by atoms with Gasteiger partial charge in [0.15, 0.2) is 0 Å². The number of esters is 1. The summed E-state index contributed by atoms with van der Waals surface area (Å²) in [6.45, 7) is 5.55. The fourth-order valence-electron chi connectivity index (χ4n) is 5.74. The summed E-state index contributed by atoms with van der Waals surface area (Å²) in [6.07, 6.45) is 39.8. The van der Waals surface area contributed by atoms with Gasteiger partial charge in [0, 0.05) is 13.0 Å². The van der Waals surface area contributed by atoms with Crippen LogP contribution >= 0.6 is 0 Å². The zero-order valence-electron chi connectivity index (χ0n) is 28.8. The zero-order chi connectivity index (χ0) is 30.6. The van der Waals surface area contributed by atoms with Gasteiger partial charge in [0.05, 0.1) is 6.61 Å². The third kappa shape index (κ3) is 35.6. The van der Waals surface area contributed by atoms with Crippen LogP contribution in [0, 0.1) is 0 Å². The quantitative estimate of drug-likeness (QED) is 0.0577. The molecule has 0 aromatic carbocycles. The number of unbranched alkanes of at least 4 members (excludes halogenated alkanes) is 28. The van der Waals surface area contributed by atoms with Gasteiger partial charge in [-0.05, 0) is 12.8 Å². The maximum atomic E-state index is 11.9. The minimum Gasteiger partial charge on any atom is -0.463 e. The van der Waals surface area contributed by atoms with Crippen LogP contribution in [-0.4, -0.2) is 37.0 Å². The van der Waals surface area contributed by atoms with E-state index in [1.807, 2.05) is 0 Å². The molecule has 42 heavy (non-hydrogen) atoms. The first-order valence-electron chi connectivity index (χ1n) is 19.1. The second-order valence-electron chi connectivity index (χ2n) is 13.1. The highest BCUT2D eigenvalue weighted by atomic mass is 16.5. The lowest BCUT2D eigenvalue weighted by Crippen LogP contribution is -2.24. The van der Waals surface area contributed by atoms with E-state index >= 15 is 0 Å². The summed E-state index contributed by atoms with van der Waals surface area (Å²) < 4.78 is 10.8. The van der Waals surface area contributed by atoms with E-state index in [1.165, 1.54) is 173 Å². The van der Waals surface area contributed by atoms with Crippen molar-refractivity contribution in [1.29, 1.82) is 0 Å². The molecule has 4 heteroatoms. The summed E-state index contributed by atoms with van der Waals surface area (Å²) >= 11 is 0. The molecule has 0 bridgehead atoms. The Balaban J connectivity index is 3.26. The number of aliphatic hydroxyl groups is 1. The van der Waals surface area contributed by atoms with Crippen molar-refractivity contribution in [3.63, 3.8) is 0 Å². The smallest absolute Gasteiger partial charge is 0.305 e. The molecule has 0 aliphatic carbocycles. The van der Waals surface area contributed by atoms with E-state index in [4.69, 9.17) is 9.47 Å². The van der Waals surface area contributed by atoms with Gasteiger partial charge in [0.1, 0.15) is 12.7 Å². The molecule has 0 spiro atoms. The number of rotatable bonds is 36. The Bertz CT molecular complexity index is 509. The third-order valence-corrected chi connectivity index (χ3v) is 8.62. The van der Waals surface area contributed by atoms with Crippen molar-refractivity contribution in [3.8, 4) is 0 Å². The van der Waals surface area contributed by atoms with Crippen LogP contribution in [-0.2, 0) is 14.3 Å². The van der Waals surface area contributed by atoms with Gasteiger partial charge in [0.25, 0.3) is 0 Å². The van der Waals surface area contributed by atoms with E-state index in [-0.39, 0.29) is 19.2 Å². The molecule has 4 nitrogen and oxygen atoms in total. The van der Waals surface area contributed by atoms with Gasteiger partial charge < -0.3 is 14.6 Å². The lowest BCUT2D eigenvalue weighted by atomic mass is 10.0. The van der Waals surface area contributed by atoms with Crippen LogP contribution in [0.2, 0.25) is 0 Å². The van der Waals surface area contributed by atoms with E-state index in [1.54, 1.807) is 0 Å². The van der Waals surface area contributed by atoms with Crippen molar-refractivity contribution in [3.05, 3.63) is 0 Å². The van der Waals surface area contributed by atoms with Crippen molar-refractivity contribution in [1.82, 2.24) is 0 Å². The first-order chi connectivity index (χ1) is 20.7. The number of aliphatic hydroxyl groups excluding tert-OH is 1. The highest BCUT2D eigenvalue weighted by Crippen LogP contribution is 2.15. The molecule has 0 rings (SSSR count). The zero-order valence-corrected chi connectivity index (χ0v) is 28.8. The van der Waals surface area contributed by atoms with Gasteiger partial charge in [-0.2, -0.15) is 0 Å². The molecule has 0 saturated heterocycles. The molecule has 0 aromatic heterocycles. The summed E-state index contributed by atoms with van der Waals surface area (Å²) in [7, 11) is 0. The molecular weight excluding hydrogens is 520 g/mol. The van der Waals surface area contributed by atoms with Crippen LogP contribution in [0.1, 0.15) is 213 Å². The second-order valence-corrected chi connectivity index (χ2v) is 13.1. The Labute approximate surface area is 263 Å². The maximum absolute atomic E-state index is 11.9. The molecule has 0 fully saturated rings. The molecule has 0 aromatic rings. The van der Waals surface area contributed by atoms with E-state index in [0.29, 0.717) is 13.0 Å². The van der Waals surface area contributed by atoms with Crippen molar-refractivity contribution < 1.29 is 19.4 Å². The average Bonchev–Trinajstić information content (AvgIpc) is 2.99. The average molecular weight is 597 g/mol. The molecule has 0 radical (unpaired) electrons. The summed E-state index contributed by atoms with van der Waals surface area (Å²) in [6, 6.07) is 0. The fourth-order valence-corrected chi connectivity index (χ4v) is 5.74. The van der Waals surface area contributed by atoms with E-state index in [0.717, 1.165) is 19.3 Å². The Morgan fingerprint density at radius 2 is 0.762 bits per heavy atom. The van der Waals surface area contributed by atoms with Crippen molar-refractivity contribution in [2.75, 3.05) is 19.8 Å². The maximum Gasteiger partial charge on any atom is 0.305 e. The lowest BCUT2D eigenvalue weighted by molar-refractivity contribution is -0.147. The summed E-state index contributed by atoms with van der Waals surface area (Å²) in [5.74, 6) is -0.189. The van der Waals surface area contributed by atoms with Gasteiger partial charge >= 0.3 is 5.97 Å². The molecule has 1 N–H and O–H groups in total. The van der Waals surface area contributed by atoms with Crippen LogP contribution in [0.5, 0.6) is 0 Å². The normalized spacial score (nSPS) is 12.2. The standard InChI is InChI=1S/C38H76O4/c1-3-5-7-9-11-13-15-17-19-21-23-25-27-29-31-33-38(40)42-36-37(39)35-41-34-32-30-28-26-24-22-20-18-16-14-12-10-8-6-4-2/h37,39H,3-36H2,1-2H3. The predicted molar refractivity (Wildman–Crippen MR) is 182 cm³/mol. The van der Waals surface area contributed by atoms with Crippen LogP contribution in [0.3, 0.4) is 0 Å². The minimum absolute atomic E-state index is 0.0520. The van der Waals surface area contributed by atoms with Gasteiger partial charge in [-0.25, -0.2) is 0 Å². The first-order valence-corrected chi connectivity index (χ1v) is 19.1. The molecule has 252 valence electrons. The molecule has 0 aliphatic rings. The SMILES string of the molecule is CCCCCCCCCCCCCCCCCOCC(O)COC(=O)CCCCCCCCCCCCCCCCC.